The summed E-state index contributed by atoms with van der Waals surface area (Å²) in [5.74, 6) is 1.00. The lowest BCUT2D eigenvalue weighted by Crippen LogP contribution is -2.41. The minimum absolute atomic E-state index is 1.00. The first-order valence-corrected chi connectivity index (χ1v) is 4.84. The molecule has 0 unspecified atom stereocenters. The van der Waals surface area contributed by atoms with E-state index in [9.17, 15) is 0 Å². The highest BCUT2D eigenvalue weighted by Gasteiger charge is 2.20. The minimum atomic E-state index is 1.00. The molecule has 0 aliphatic carbocycles. The molecule has 1 aromatic rings. The Labute approximate surface area is 84.9 Å². The second-order valence-corrected chi connectivity index (χ2v) is 3.61. The van der Waals surface area contributed by atoms with E-state index in [1.807, 2.05) is 12.1 Å². The Balaban J connectivity index is 2.47. The lowest BCUT2D eigenvalue weighted by Gasteiger charge is -2.36. The molecule has 14 heavy (non-hydrogen) atoms. The average molecular weight is 192 g/mol. The number of fused-ring (bicyclic) bond motifs is 1. The zero-order valence-corrected chi connectivity index (χ0v) is 8.95. The largest absolute Gasteiger partial charge is 0.496 e. The number of hydrazine groups is 1. The fraction of sp³-hybridized carbons (Fsp3) is 0.455. The van der Waals surface area contributed by atoms with Crippen LogP contribution < -0.4 is 9.75 Å². The predicted octanol–water partition coefficient (Wildman–Crippen LogP) is 1.53. The molecule has 0 saturated heterocycles. The first-order chi connectivity index (χ1) is 6.74. The topological polar surface area (TPSA) is 15.7 Å². The van der Waals surface area contributed by atoms with Crippen molar-refractivity contribution in [1.29, 1.82) is 0 Å². The van der Waals surface area contributed by atoms with E-state index in [0.717, 1.165) is 18.7 Å². The number of hydrogen-bond acceptors (Lipinski definition) is 3. The molecule has 0 amide bonds. The van der Waals surface area contributed by atoms with E-state index in [4.69, 9.17) is 4.74 Å². The van der Waals surface area contributed by atoms with Crippen molar-refractivity contribution >= 4 is 5.69 Å². The van der Waals surface area contributed by atoms with Crippen LogP contribution in [0.4, 0.5) is 5.69 Å². The third-order valence-corrected chi connectivity index (χ3v) is 2.87. The van der Waals surface area contributed by atoms with Gasteiger partial charge in [0.25, 0.3) is 0 Å². The maximum absolute atomic E-state index is 5.35. The molecule has 1 aliphatic heterocycles. The number of likely N-dealkylation sites (N-methyl/N-ethyl adjacent to an activating group) is 1. The quantitative estimate of drug-likeness (QED) is 0.671. The minimum Gasteiger partial charge on any atom is -0.496 e. The van der Waals surface area contributed by atoms with Gasteiger partial charge in [-0.05, 0) is 18.6 Å². The van der Waals surface area contributed by atoms with Crippen molar-refractivity contribution in [3.05, 3.63) is 23.8 Å². The predicted molar refractivity (Wildman–Crippen MR) is 57.7 cm³/mol. The molecule has 0 aromatic heterocycles. The Kier molecular flexibility index (Phi) is 2.33. The van der Waals surface area contributed by atoms with Gasteiger partial charge in [0.15, 0.2) is 0 Å². The van der Waals surface area contributed by atoms with Gasteiger partial charge in [-0.25, -0.2) is 5.01 Å². The highest BCUT2D eigenvalue weighted by atomic mass is 16.5. The van der Waals surface area contributed by atoms with Gasteiger partial charge in [-0.2, -0.15) is 0 Å². The van der Waals surface area contributed by atoms with Crippen LogP contribution in [0.1, 0.15) is 5.56 Å². The zero-order valence-electron chi connectivity index (χ0n) is 8.95. The molecule has 3 nitrogen and oxygen atoms in total. The maximum Gasteiger partial charge on any atom is 0.124 e. The summed E-state index contributed by atoms with van der Waals surface area (Å²) < 4.78 is 5.35. The molecule has 76 valence electrons. The Morgan fingerprint density at radius 1 is 1.29 bits per heavy atom. The lowest BCUT2D eigenvalue weighted by molar-refractivity contribution is 0.308. The maximum atomic E-state index is 5.35. The van der Waals surface area contributed by atoms with Gasteiger partial charge in [-0.15, -0.1) is 0 Å². The number of benzene rings is 1. The summed E-state index contributed by atoms with van der Waals surface area (Å²) in [5.41, 5.74) is 2.56. The number of anilines is 1. The molecule has 1 aliphatic rings. The molecule has 1 heterocycles. The first kappa shape index (κ1) is 9.34. The van der Waals surface area contributed by atoms with Gasteiger partial charge in [0, 0.05) is 26.2 Å². The summed E-state index contributed by atoms with van der Waals surface area (Å²) in [6, 6.07) is 6.19. The third-order valence-electron chi connectivity index (χ3n) is 2.87. The van der Waals surface area contributed by atoms with E-state index in [0.29, 0.717) is 0 Å². The van der Waals surface area contributed by atoms with Crippen LogP contribution >= 0.6 is 0 Å². The molecule has 0 radical (unpaired) electrons. The summed E-state index contributed by atoms with van der Waals surface area (Å²) in [6.45, 7) is 1.05. The van der Waals surface area contributed by atoms with Gasteiger partial charge in [0.1, 0.15) is 5.75 Å². The molecule has 0 spiro atoms. The van der Waals surface area contributed by atoms with Gasteiger partial charge >= 0.3 is 0 Å². The van der Waals surface area contributed by atoms with Crippen molar-refractivity contribution in [2.75, 3.05) is 32.8 Å². The average Bonchev–Trinajstić information content (AvgIpc) is 2.23. The Bertz CT molecular complexity index is 338. The Morgan fingerprint density at radius 2 is 2.07 bits per heavy atom. The van der Waals surface area contributed by atoms with Crippen LogP contribution in [0.3, 0.4) is 0 Å². The van der Waals surface area contributed by atoms with Crippen LogP contribution in [0.2, 0.25) is 0 Å². The van der Waals surface area contributed by atoms with Gasteiger partial charge in [-0.3, -0.25) is 0 Å². The summed E-state index contributed by atoms with van der Waals surface area (Å²) >= 11 is 0. The number of nitrogens with zero attached hydrogens (tertiary/aromatic N) is 2. The standard InChI is InChI=1S/C11H16N2O/c1-12-8-7-9-10(13(12)2)5-4-6-11(9)14-3/h4-6H,7-8H2,1-3H3. The summed E-state index contributed by atoms with van der Waals surface area (Å²) in [6.07, 6.45) is 1.06. The van der Waals surface area contributed by atoms with Crippen molar-refractivity contribution in [2.45, 2.75) is 6.42 Å². The van der Waals surface area contributed by atoms with E-state index in [-0.39, 0.29) is 0 Å². The van der Waals surface area contributed by atoms with E-state index in [1.54, 1.807) is 7.11 Å². The van der Waals surface area contributed by atoms with E-state index >= 15 is 0 Å². The van der Waals surface area contributed by atoms with Crippen molar-refractivity contribution in [3.8, 4) is 5.75 Å². The molecule has 2 rings (SSSR count). The molecular formula is C11H16N2O. The van der Waals surface area contributed by atoms with Crippen LogP contribution in [-0.2, 0) is 6.42 Å². The number of methoxy groups -OCH3 is 1. The van der Waals surface area contributed by atoms with Gasteiger partial charge in [0.2, 0.25) is 0 Å². The summed E-state index contributed by atoms with van der Waals surface area (Å²) in [4.78, 5) is 0. The van der Waals surface area contributed by atoms with Crippen LogP contribution in [0.15, 0.2) is 18.2 Å². The summed E-state index contributed by atoms with van der Waals surface area (Å²) in [5, 5.41) is 4.38. The summed E-state index contributed by atoms with van der Waals surface area (Å²) in [7, 11) is 5.91. The van der Waals surface area contributed by atoms with Crippen LogP contribution in [0.25, 0.3) is 0 Å². The lowest BCUT2D eigenvalue weighted by atomic mass is 10.1. The van der Waals surface area contributed by atoms with Crippen molar-refractivity contribution in [1.82, 2.24) is 5.01 Å². The van der Waals surface area contributed by atoms with E-state index in [1.165, 1.54) is 11.3 Å². The molecule has 3 heteroatoms. The third kappa shape index (κ3) is 1.34. The number of hydrogen-bond donors (Lipinski definition) is 0. The van der Waals surface area contributed by atoms with Crippen molar-refractivity contribution < 1.29 is 4.74 Å². The second kappa shape index (κ2) is 3.50. The SMILES string of the molecule is COc1cccc2c1CCN(C)N2C. The normalized spacial score (nSPS) is 16.6. The van der Waals surface area contributed by atoms with Gasteiger partial charge in [-0.1, -0.05) is 6.07 Å². The first-order valence-electron chi connectivity index (χ1n) is 4.84. The molecule has 0 N–H and O–H groups in total. The monoisotopic (exact) mass is 192 g/mol. The van der Waals surface area contributed by atoms with Crippen LogP contribution in [-0.4, -0.2) is 32.8 Å². The Morgan fingerprint density at radius 3 is 2.79 bits per heavy atom. The number of rotatable bonds is 1. The number of ether oxygens (including phenoxy) is 1. The molecule has 0 atom stereocenters. The molecule has 0 bridgehead atoms. The van der Waals surface area contributed by atoms with E-state index in [2.05, 4.69) is 30.2 Å². The smallest absolute Gasteiger partial charge is 0.124 e. The second-order valence-electron chi connectivity index (χ2n) is 3.61. The molecule has 0 fully saturated rings. The van der Waals surface area contributed by atoms with E-state index < -0.39 is 0 Å². The fourth-order valence-corrected chi connectivity index (χ4v) is 1.91. The molecular weight excluding hydrogens is 176 g/mol. The Hall–Kier alpha value is -1.22. The van der Waals surface area contributed by atoms with Crippen LogP contribution in [0, 0.1) is 0 Å². The molecule has 0 saturated carbocycles. The zero-order chi connectivity index (χ0) is 10.1. The van der Waals surface area contributed by atoms with Gasteiger partial charge in [0.05, 0.1) is 12.8 Å². The fourth-order valence-electron chi connectivity index (χ4n) is 1.91. The van der Waals surface area contributed by atoms with Gasteiger partial charge < -0.3 is 9.75 Å². The highest BCUT2D eigenvalue weighted by Crippen LogP contribution is 2.32. The van der Waals surface area contributed by atoms with Crippen molar-refractivity contribution in [3.63, 3.8) is 0 Å². The highest BCUT2D eigenvalue weighted by molar-refractivity contribution is 5.59. The van der Waals surface area contributed by atoms with Crippen LogP contribution in [0.5, 0.6) is 5.75 Å². The van der Waals surface area contributed by atoms with Crippen molar-refractivity contribution in [2.24, 2.45) is 0 Å². The molecule has 1 aromatic carbocycles.